The van der Waals surface area contributed by atoms with Gasteiger partial charge in [0.1, 0.15) is 0 Å². The van der Waals surface area contributed by atoms with Crippen molar-refractivity contribution in [1.29, 1.82) is 0 Å². The Morgan fingerprint density at radius 1 is 0.800 bits per heavy atom. The van der Waals surface area contributed by atoms with Gasteiger partial charge in [-0.3, -0.25) is 0 Å². The highest BCUT2D eigenvalue weighted by atomic mass is 32.2. The van der Waals surface area contributed by atoms with Crippen LogP contribution in [0.5, 0.6) is 0 Å². The molecule has 0 aliphatic rings. The Balaban J connectivity index is 6.12. The van der Waals surface area contributed by atoms with Gasteiger partial charge in [-0.15, -0.1) is 0 Å². The summed E-state index contributed by atoms with van der Waals surface area (Å²) in [4.78, 5) is 0. The molecule has 0 aromatic rings. The monoisotopic (exact) mass is 428 g/mol. The lowest BCUT2D eigenvalue weighted by molar-refractivity contribution is -0.505. The lowest BCUT2D eigenvalue weighted by Gasteiger charge is -2.35. The van der Waals surface area contributed by atoms with Crippen molar-refractivity contribution in [1.82, 2.24) is 0 Å². The maximum Gasteiger partial charge on any atom is 0.470 e. The first kappa shape index (κ1) is 23.7. The Morgan fingerprint density at radius 2 is 1.20 bits per heavy atom. The zero-order valence-corrected chi connectivity index (χ0v) is 11.3. The molecule has 1 N–H and O–H groups in total. The van der Waals surface area contributed by atoms with Crippen LogP contribution in [0.2, 0.25) is 0 Å². The molecular weight excluding hydrogens is 427 g/mol. The molecular formula is C7HF13O4S. The summed E-state index contributed by atoms with van der Waals surface area (Å²) < 4.78 is 183. The van der Waals surface area contributed by atoms with Crippen LogP contribution >= 0.6 is 0 Å². The fourth-order valence-corrected chi connectivity index (χ4v) is 1.08. The molecule has 0 rings (SSSR count). The summed E-state index contributed by atoms with van der Waals surface area (Å²) in [5, 5.41) is -6.53. The highest BCUT2D eigenvalue weighted by Gasteiger charge is 2.80. The molecule has 18 heteroatoms. The van der Waals surface area contributed by atoms with Gasteiger partial charge in [-0.05, 0) is 0 Å². The summed E-state index contributed by atoms with van der Waals surface area (Å²) in [6, 6.07) is -3.97. The molecule has 25 heavy (non-hydrogen) atoms. The normalized spacial score (nSPS) is 17.7. The van der Waals surface area contributed by atoms with Gasteiger partial charge in [0.25, 0.3) is 0 Å². The van der Waals surface area contributed by atoms with Crippen LogP contribution in [-0.4, -0.2) is 38.3 Å². The molecule has 0 saturated heterocycles. The molecule has 0 fully saturated rings. The zero-order valence-electron chi connectivity index (χ0n) is 10.5. The van der Waals surface area contributed by atoms with Crippen molar-refractivity contribution < 1.29 is 75.3 Å². The van der Waals surface area contributed by atoms with Gasteiger partial charge >= 0.3 is 41.6 Å². The van der Waals surface area contributed by atoms with Gasteiger partial charge in [-0.25, -0.2) is 8.95 Å². The van der Waals surface area contributed by atoms with Crippen molar-refractivity contribution in [3.05, 3.63) is 12.1 Å². The van der Waals surface area contributed by atoms with E-state index in [1.165, 1.54) is 0 Å². The van der Waals surface area contributed by atoms with E-state index in [1.807, 2.05) is 4.74 Å². The van der Waals surface area contributed by atoms with E-state index >= 15 is 0 Å². The van der Waals surface area contributed by atoms with E-state index in [0.717, 1.165) is 0 Å². The van der Waals surface area contributed by atoms with E-state index in [2.05, 4.69) is 0 Å². The second-order valence-electron chi connectivity index (χ2n) is 3.63. The fourth-order valence-electron chi connectivity index (χ4n) is 0.832. The summed E-state index contributed by atoms with van der Waals surface area (Å²) >= 11 is -5.04. The van der Waals surface area contributed by atoms with E-state index < -0.39 is 52.7 Å². The predicted octanol–water partition coefficient (Wildman–Crippen LogP) is 4.28. The van der Waals surface area contributed by atoms with Crippen molar-refractivity contribution in [3.8, 4) is 0 Å². The third kappa shape index (κ3) is 4.46. The van der Waals surface area contributed by atoms with Crippen LogP contribution in [-0.2, 0) is 20.6 Å². The molecule has 2 atom stereocenters. The van der Waals surface area contributed by atoms with Crippen LogP contribution < -0.4 is 0 Å². The Hall–Kier alpha value is -1.30. The minimum atomic E-state index is -7.32. The van der Waals surface area contributed by atoms with E-state index in [0.29, 0.717) is 0 Å². The van der Waals surface area contributed by atoms with Crippen molar-refractivity contribution in [3.63, 3.8) is 0 Å². The van der Waals surface area contributed by atoms with Crippen LogP contribution in [0.25, 0.3) is 0 Å². The third-order valence-corrected chi connectivity index (χ3v) is 2.61. The summed E-state index contributed by atoms with van der Waals surface area (Å²) in [6.07, 6.45) is -25.6. The molecule has 2 unspecified atom stereocenters. The minimum absolute atomic E-state index is 1.60. The molecule has 0 saturated carbocycles. The Morgan fingerprint density at radius 3 is 1.48 bits per heavy atom. The van der Waals surface area contributed by atoms with Gasteiger partial charge in [0.2, 0.25) is 11.1 Å². The van der Waals surface area contributed by atoms with E-state index in [1.54, 1.807) is 4.74 Å². The standard InChI is InChI=1S/C7HF13O4S/c8-1(9)2(10)23-3(11,4(12,13)14)5(15,16)24-6(17,18)7(19,20)25(21)22/h(H,21,22). The van der Waals surface area contributed by atoms with Crippen LogP contribution in [0.1, 0.15) is 0 Å². The summed E-state index contributed by atoms with van der Waals surface area (Å²) in [5.41, 5.74) is 0. The number of alkyl halides is 10. The largest absolute Gasteiger partial charge is 0.470 e. The lowest BCUT2D eigenvalue weighted by Crippen LogP contribution is -2.62. The second-order valence-corrected chi connectivity index (χ2v) is 4.64. The summed E-state index contributed by atoms with van der Waals surface area (Å²) in [6.45, 7) is 0. The molecule has 0 heterocycles. The average Bonchev–Trinajstić information content (AvgIpc) is 2.34. The van der Waals surface area contributed by atoms with Crippen LogP contribution in [0.4, 0.5) is 57.1 Å². The molecule has 0 aliphatic carbocycles. The number of rotatable bonds is 7. The van der Waals surface area contributed by atoms with Crippen LogP contribution in [0, 0.1) is 0 Å². The third-order valence-electron chi connectivity index (χ3n) is 1.93. The molecule has 150 valence electrons. The number of hydrogen-bond donors (Lipinski definition) is 1. The quantitative estimate of drug-likeness (QED) is 0.374. The molecule has 0 aromatic heterocycles. The lowest BCUT2D eigenvalue weighted by atomic mass is 10.2. The fraction of sp³-hybridized carbons (Fsp3) is 0.714. The van der Waals surface area contributed by atoms with Crippen LogP contribution in [0.3, 0.4) is 0 Å². The van der Waals surface area contributed by atoms with Crippen molar-refractivity contribution in [2.45, 2.75) is 29.5 Å². The van der Waals surface area contributed by atoms with E-state index in [4.69, 9.17) is 4.55 Å². The predicted molar refractivity (Wildman–Crippen MR) is 48.0 cm³/mol. The number of hydrogen-bond acceptors (Lipinski definition) is 3. The first-order valence-corrected chi connectivity index (χ1v) is 5.93. The molecule has 0 aromatic carbocycles. The first-order valence-electron chi connectivity index (χ1n) is 4.83. The second kappa shape index (κ2) is 6.78. The Bertz CT molecular complexity index is 553. The van der Waals surface area contributed by atoms with Gasteiger partial charge in [0, 0.05) is 0 Å². The van der Waals surface area contributed by atoms with Crippen molar-refractivity contribution in [2.24, 2.45) is 0 Å². The maximum absolute atomic E-state index is 13.3. The van der Waals surface area contributed by atoms with E-state index in [9.17, 15) is 61.3 Å². The maximum atomic E-state index is 13.3. The first-order chi connectivity index (χ1) is 10.7. The molecule has 4 nitrogen and oxygen atoms in total. The molecule has 0 aliphatic heterocycles. The van der Waals surface area contributed by atoms with Crippen molar-refractivity contribution in [2.75, 3.05) is 0 Å². The summed E-state index contributed by atoms with van der Waals surface area (Å²) in [5.74, 6) is -7.16. The number of ether oxygens (including phenoxy) is 2. The van der Waals surface area contributed by atoms with Gasteiger partial charge in [-0.2, -0.15) is 57.1 Å². The molecule has 0 amide bonds. The summed E-state index contributed by atoms with van der Waals surface area (Å²) in [7, 11) is 0. The molecule has 0 spiro atoms. The molecule has 0 radical (unpaired) electrons. The Labute approximate surface area is 129 Å². The highest BCUT2D eigenvalue weighted by molar-refractivity contribution is 7.80. The van der Waals surface area contributed by atoms with Crippen LogP contribution in [0.15, 0.2) is 12.1 Å². The average molecular weight is 428 g/mol. The van der Waals surface area contributed by atoms with Gasteiger partial charge in [-0.1, -0.05) is 0 Å². The van der Waals surface area contributed by atoms with Gasteiger partial charge in [0.15, 0.2) is 0 Å². The highest BCUT2D eigenvalue weighted by Crippen LogP contribution is 2.52. The number of halogens is 13. The van der Waals surface area contributed by atoms with Gasteiger partial charge < -0.3 is 9.29 Å². The Kier molecular flexibility index (Phi) is 6.43. The smallest absolute Gasteiger partial charge is 0.414 e. The van der Waals surface area contributed by atoms with E-state index in [-0.39, 0.29) is 0 Å². The van der Waals surface area contributed by atoms with Crippen molar-refractivity contribution >= 4 is 11.1 Å². The zero-order chi connectivity index (χ0) is 20.6. The minimum Gasteiger partial charge on any atom is -0.414 e. The van der Waals surface area contributed by atoms with Gasteiger partial charge in [0.05, 0.1) is 0 Å². The topological polar surface area (TPSA) is 55.8 Å². The SMILES string of the molecule is O=S(O)C(F)(F)C(F)(F)OC(F)(F)C(F)(OC(F)=C(F)F)C(F)(F)F. The molecule has 0 bridgehead atoms.